The van der Waals surface area contributed by atoms with Gasteiger partial charge in [0, 0.05) is 6.04 Å². The molecule has 0 aromatic carbocycles. The van der Waals surface area contributed by atoms with Gasteiger partial charge in [0.15, 0.2) is 0 Å². The van der Waals surface area contributed by atoms with E-state index in [0.29, 0.717) is 0 Å². The molecule has 1 N–H and O–H groups in total. The smallest absolute Gasteiger partial charge is 0.00643 e. The van der Waals surface area contributed by atoms with Crippen LogP contribution in [0.2, 0.25) is 0 Å². The van der Waals surface area contributed by atoms with E-state index in [0.717, 1.165) is 6.04 Å². The summed E-state index contributed by atoms with van der Waals surface area (Å²) in [7, 11) is 0. The Morgan fingerprint density at radius 2 is 1.62 bits per heavy atom. The molecular weight excluding hydrogens is 158 g/mol. The average molecular weight is 187 g/mol. The van der Waals surface area contributed by atoms with E-state index in [9.17, 15) is 0 Å². The molecule has 13 heavy (non-hydrogen) atoms. The zero-order chi connectivity index (χ0) is 10.5. The maximum Gasteiger partial charge on any atom is 0.00643 e. The van der Waals surface area contributed by atoms with Crippen molar-refractivity contribution in [2.24, 2.45) is 0 Å². The fourth-order valence-corrected chi connectivity index (χ4v) is 1.28. The summed E-state index contributed by atoms with van der Waals surface area (Å²) in [4.78, 5) is 0. The fourth-order valence-electron chi connectivity index (χ4n) is 1.28. The molecule has 0 aliphatic carbocycles. The van der Waals surface area contributed by atoms with Gasteiger partial charge in [0.25, 0.3) is 0 Å². The first kappa shape index (κ1) is 15.4. The molecule has 0 saturated heterocycles. The molecule has 0 bridgehead atoms. The van der Waals surface area contributed by atoms with Crippen LogP contribution in [0.3, 0.4) is 0 Å². The van der Waals surface area contributed by atoms with E-state index in [4.69, 9.17) is 0 Å². The maximum atomic E-state index is 3.57. The molecule has 0 spiro atoms. The fraction of sp³-hybridized carbons (Fsp3) is 1.00. The van der Waals surface area contributed by atoms with Crippen LogP contribution in [0.5, 0.6) is 0 Å². The van der Waals surface area contributed by atoms with Crippen LogP contribution in [0.25, 0.3) is 0 Å². The highest BCUT2D eigenvalue weighted by Crippen LogP contribution is 2.00. The third-order valence-electron chi connectivity index (χ3n) is 2.09. The lowest BCUT2D eigenvalue weighted by atomic mass is 10.1. The minimum atomic E-state index is 0.770. The lowest BCUT2D eigenvalue weighted by Gasteiger charge is -2.15. The van der Waals surface area contributed by atoms with Crippen LogP contribution in [0.1, 0.15) is 66.7 Å². The van der Waals surface area contributed by atoms with E-state index in [2.05, 4.69) is 26.1 Å². The Balaban J connectivity index is 0. The number of hydrogen-bond donors (Lipinski definition) is 1. The summed E-state index contributed by atoms with van der Waals surface area (Å²) in [6.45, 7) is 12.0. The van der Waals surface area contributed by atoms with Gasteiger partial charge in [-0.2, -0.15) is 0 Å². The highest BCUT2D eigenvalue weighted by atomic mass is 14.9. The summed E-state index contributed by atoms with van der Waals surface area (Å²) < 4.78 is 0. The highest BCUT2D eigenvalue weighted by Gasteiger charge is 2.01. The molecule has 0 fully saturated rings. The van der Waals surface area contributed by atoms with Crippen LogP contribution in [0.4, 0.5) is 0 Å². The van der Waals surface area contributed by atoms with Crippen LogP contribution in [0.15, 0.2) is 0 Å². The van der Waals surface area contributed by atoms with Gasteiger partial charge in [0.05, 0.1) is 0 Å². The van der Waals surface area contributed by atoms with Gasteiger partial charge in [0.1, 0.15) is 0 Å². The van der Waals surface area contributed by atoms with Crippen LogP contribution < -0.4 is 5.32 Å². The van der Waals surface area contributed by atoms with Crippen molar-refractivity contribution in [2.45, 2.75) is 72.8 Å². The summed E-state index contributed by atoms with van der Waals surface area (Å²) in [5, 5.41) is 3.57. The molecule has 0 amide bonds. The van der Waals surface area contributed by atoms with Crippen molar-refractivity contribution in [3.63, 3.8) is 0 Å². The van der Waals surface area contributed by atoms with Crippen molar-refractivity contribution < 1.29 is 0 Å². The lowest BCUT2D eigenvalue weighted by Crippen LogP contribution is -2.28. The van der Waals surface area contributed by atoms with Crippen molar-refractivity contribution in [2.75, 3.05) is 6.54 Å². The number of rotatable bonds is 7. The minimum absolute atomic E-state index is 0.770. The summed E-state index contributed by atoms with van der Waals surface area (Å²) in [5.41, 5.74) is 0. The molecule has 0 aromatic heterocycles. The predicted molar refractivity (Wildman–Crippen MR) is 63.2 cm³/mol. The quantitative estimate of drug-likeness (QED) is 0.594. The zero-order valence-corrected chi connectivity index (χ0v) is 10.3. The van der Waals surface area contributed by atoms with E-state index in [1.807, 2.05) is 13.8 Å². The van der Waals surface area contributed by atoms with Gasteiger partial charge in [-0.15, -0.1) is 0 Å². The van der Waals surface area contributed by atoms with Gasteiger partial charge in [-0.1, -0.05) is 47.5 Å². The molecular formula is C12H29N. The van der Waals surface area contributed by atoms with Gasteiger partial charge >= 0.3 is 0 Å². The van der Waals surface area contributed by atoms with Crippen LogP contribution >= 0.6 is 0 Å². The van der Waals surface area contributed by atoms with Crippen LogP contribution in [-0.4, -0.2) is 12.6 Å². The summed E-state index contributed by atoms with van der Waals surface area (Å²) in [6, 6.07) is 0.770. The third kappa shape index (κ3) is 12.0. The molecule has 0 aliphatic heterocycles. The van der Waals surface area contributed by atoms with E-state index < -0.39 is 0 Å². The Morgan fingerprint density at radius 1 is 1.00 bits per heavy atom. The maximum absolute atomic E-state index is 3.57. The SMILES string of the molecule is CC.CCCCNC(CC)CCC. The Labute approximate surface area is 85.3 Å². The average Bonchev–Trinajstić information content (AvgIpc) is 2.20. The molecule has 0 radical (unpaired) electrons. The first-order valence-electron chi connectivity index (χ1n) is 6.08. The van der Waals surface area contributed by atoms with E-state index in [1.165, 1.54) is 38.6 Å². The number of nitrogens with one attached hydrogen (secondary N) is 1. The molecule has 1 nitrogen and oxygen atoms in total. The van der Waals surface area contributed by atoms with Gasteiger partial charge < -0.3 is 5.32 Å². The van der Waals surface area contributed by atoms with Crippen molar-refractivity contribution in [1.29, 1.82) is 0 Å². The van der Waals surface area contributed by atoms with E-state index >= 15 is 0 Å². The summed E-state index contributed by atoms with van der Waals surface area (Å²) >= 11 is 0. The molecule has 0 rings (SSSR count). The topological polar surface area (TPSA) is 12.0 Å². The van der Waals surface area contributed by atoms with Gasteiger partial charge in [-0.05, 0) is 25.8 Å². The Bertz CT molecular complexity index is 71.5. The molecule has 0 aliphatic rings. The standard InChI is InChI=1S/C10H23N.C2H6/c1-4-7-9-11-10(6-3)8-5-2;1-2/h10-11H,4-9H2,1-3H3;1-2H3. The van der Waals surface area contributed by atoms with Gasteiger partial charge in [0.2, 0.25) is 0 Å². The Kier molecular flexibility index (Phi) is 17.2. The first-order chi connectivity index (χ1) is 6.35. The lowest BCUT2D eigenvalue weighted by molar-refractivity contribution is 0.457. The van der Waals surface area contributed by atoms with Gasteiger partial charge in [-0.3, -0.25) is 0 Å². The second kappa shape index (κ2) is 14.5. The van der Waals surface area contributed by atoms with Crippen molar-refractivity contribution in [1.82, 2.24) is 5.32 Å². The monoisotopic (exact) mass is 187 g/mol. The van der Waals surface area contributed by atoms with Crippen molar-refractivity contribution >= 4 is 0 Å². The Morgan fingerprint density at radius 3 is 2.00 bits per heavy atom. The zero-order valence-electron chi connectivity index (χ0n) is 10.3. The van der Waals surface area contributed by atoms with Crippen LogP contribution in [-0.2, 0) is 0 Å². The van der Waals surface area contributed by atoms with Crippen LogP contribution in [0, 0.1) is 0 Å². The molecule has 1 unspecified atom stereocenters. The molecule has 0 aromatic rings. The molecule has 0 heterocycles. The second-order valence-electron chi connectivity index (χ2n) is 3.20. The molecule has 1 atom stereocenters. The first-order valence-corrected chi connectivity index (χ1v) is 6.08. The van der Waals surface area contributed by atoms with E-state index in [-0.39, 0.29) is 0 Å². The summed E-state index contributed by atoms with van der Waals surface area (Å²) in [5.74, 6) is 0. The minimum Gasteiger partial charge on any atom is -0.314 e. The normalized spacial score (nSPS) is 11.8. The number of unbranched alkanes of at least 4 members (excludes halogenated alkanes) is 1. The molecule has 1 heteroatoms. The summed E-state index contributed by atoms with van der Waals surface area (Å²) in [6.07, 6.45) is 6.53. The Hall–Kier alpha value is -0.0400. The van der Waals surface area contributed by atoms with Gasteiger partial charge in [-0.25, -0.2) is 0 Å². The predicted octanol–water partition coefficient (Wildman–Crippen LogP) is 3.98. The third-order valence-corrected chi connectivity index (χ3v) is 2.09. The van der Waals surface area contributed by atoms with E-state index in [1.54, 1.807) is 0 Å². The molecule has 0 saturated carbocycles. The molecule has 82 valence electrons. The number of hydrogen-bond acceptors (Lipinski definition) is 1. The largest absolute Gasteiger partial charge is 0.314 e. The second-order valence-corrected chi connectivity index (χ2v) is 3.20. The van der Waals surface area contributed by atoms with Crippen molar-refractivity contribution in [3.8, 4) is 0 Å². The van der Waals surface area contributed by atoms with Crippen molar-refractivity contribution in [3.05, 3.63) is 0 Å². The highest BCUT2D eigenvalue weighted by molar-refractivity contribution is 4.63.